The summed E-state index contributed by atoms with van der Waals surface area (Å²) < 4.78 is 1.95. The Morgan fingerprint density at radius 1 is 1.48 bits per heavy atom. The van der Waals surface area contributed by atoms with Gasteiger partial charge in [-0.3, -0.25) is 9.48 Å². The maximum absolute atomic E-state index is 12.4. The first-order valence-electron chi connectivity index (χ1n) is 8.20. The lowest BCUT2D eigenvalue weighted by Crippen LogP contribution is -2.39. The van der Waals surface area contributed by atoms with Gasteiger partial charge >= 0.3 is 0 Å². The molecule has 6 heteroatoms. The molecule has 0 bridgehead atoms. The molecule has 5 nitrogen and oxygen atoms in total. The minimum Gasteiger partial charge on any atom is -0.338 e. The standard InChI is InChI=1S/C17H24N4OS/c1-13(14(2)21-9-3-7-19-21)18-8-4-17(22)20-10-5-16-15(12-20)6-11-23-16/h3,6-7,9,11,13-14,18H,4-5,8,10,12H2,1-2H3/t13-,14-/m1/s1. The van der Waals surface area contributed by atoms with Crippen LogP contribution in [0.25, 0.3) is 0 Å². The van der Waals surface area contributed by atoms with Crippen LogP contribution >= 0.6 is 11.3 Å². The number of amides is 1. The predicted molar refractivity (Wildman–Crippen MR) is 92.5 cm³/mol. The van der Waals surface area contributed by atoms with E-state index < -0.39 is 0 Å². The van der Waals surface area contributed by atoms with Gasteiger partial charge in [-0.25, -0.2) is 0 Å². The summed E-state index contributed by atoms with van der Waals surface area (Å²) in [6.07, 6.45) is 5.32. The first-order valence-corrected chi connectivity index (χ1v) is 9.08. The summed E-state index contributed by atoms with van der Waals surface area (Å²) in [5.74, 6) is 0.244. The summed E-state index contributed by atoms with van der Waals surface area (Å²) >= 11 is 1.80. The van der Waals surface area contributed by atoms with Crippen molar-refractivity contribution < 1.29 is 4.79 Å². The number of aromatic nitrogens is 2. The molecule has 3 rings (SSSR count). The molecule has 2 atom stereocenters. The molecule has 0 saturated carbocycles. The zero-order valence-electron chi connectivity index (χ0n) is 13.7. The largest absolute Gasteiger partial charge is 0.338 e. The third kappa shape index (κ3) is 3.82. The molecular formula is C17H24N4OS. The molecule has 2 aromatic rings. The van der Waals surface area contributed by atoms with Gasteiger partial charge in [0.05, 0.1) is 6.04 Å². The van der Waals surface area contributed by atoms with Crippen molar-refractivity contribution in [2.45, 2.75) is 45.3 Å². The van der Waals surface area contributed by atoms with Gasteiger partial charge in [0.1, 0.15) is 0 Å². The SMILES string of the molecule is C[C@H]([C@@H](C)NCCC(=O)N1CCc2sccc2C1)n1cccn1. The molecule has 1 aliphatic rings. The van der Waals surface area contributed by atoms with Crippen LogP contribution in [0.3, 0.4) is 0 Å². The van der Waals surface area contributed by atoms with E-state index in [1.54, 1.807) is 17.5 Å². The highest BCUT2D eigenvalue weighted by Gasteiger charge is 2.21. The van der Waals surface area contributed by atoms with E-state index in [1.165, 1.54) is 10.4 Å². The van der Waals surface area contributed by atoms with Gasteiger partial charge in [-0.05, 0) is 43.3 Å². The second-order valence-electron chi connectivity index (χ2n) is 6.15. The number of rotatable bonds is 6. The van der Waals surface area contributed by atoms with Crippen molar-refractivity contribution >= 4 is 17.2 Å². The van der Waals surface area contributed by atoms with Gasteiger partial charge in [0.15, 0.2) is 0 Å². The second-order valence-corrected chi connectivity index (χ2v) is 7.15. The molecule has 0 radical (unpaired) electrons. The van der Waals surface area contributed by atoms with Crippen molar-refractivity contribution in [1.29, 1.82) is 0 Å². The molecule has 1 N–H and O–H groups in total. The number of fused-ring (bicyclic) bond motifs is 1. The summed E-state index contributed by atoms with van der Waals surface area (Å²) in [5.41, 5.74) is 1.32. The van der Waals surface area contributed by atoms with E-state index >= 15 is 0 Å². The van der Waals surface area contributed by atoms with Gasteiger partial charge in [-0.15, -0.1) is 11.3 Å². The fourth-order valence-corrected chi connectivity index (χ4v) is 3.84. The Kier molecular flexibility index (Phi) is 5.13. The number of nitrogens with zero attached hydrogens (tertiary/aromatic N) is 3. The monoisotopic (exact) mass is 332 g/mol. The Morgan fingerprint density at radius 3 is 3.13 bits per heavy atom. The number of hydrogen-bond donors (Lipinski definition) is 1. The Balaban J connectivity index is 1.43. The van der Waals surface area contributed by atoms with Gasteiger partial charge in [0.2, 0.25) is 5.91 Å². The van der Waals surface area contributed by atoms with Gasteiger partial charge in [0, 0.05) is 49.4 Å². The number of hydrogen-bond acceptors (Lipinski definition) is 4. The molecule has 0 aliphatic carbocycles. The number of thiophene rings is 1. The second kappa shape index (κ2) is 7.27. The van der Waals surface area contributed by atoms with E-state index in [9.17, 15) is 4.79 Å². The van der Waals surface area contributed by atoms with E-state index in [2.05, 4.69) is 35.7 Å². The highest BCUT2D eigenvalue weighted by atomic mass is 32.1. The lowest BCUT2D eigenvalue weighted by atomic mass is 10.1. The molecule has 0 aromatic carbocycles. The van der Waals surface area contributed by atoms with E-state index in [0.29, 0.717) is 13.0 Å². The molecule has 1 aliphatic heterocycles. The van der Waals surface area contributed by atoms with Crippen molar-refractivity contribution in [2.24, 2.45) is 0 Å². The van der Waals surface area contributed by atoms with Crippen molar-refractivity contribution in [3.05, 3.63) is 40.3 Å². The Morgan fingerprint density at radius 2 is 2.35 bits per heavy atom. The summed E-state index contributed by atoms with van der Waals surface area (Å²) in [4.78, 5) is 15.8. The minimum absolute atomic E-state index is 0.244. The summed E-state index contributed by atoms with van der Waals surface area (Å²) in [5, 5.41) is 9.84. The minimum atomic E-state index is 0.244. The normalized spacial score (nSPS) is 16.9. The zero-order chi connectivity index (χ0) is 16.2. The van der Waals surface area contributed by atoms with Crippen LogP contribution in [0.1, 0.15) is 36.8 Å². The molecule has 3 heterocycles. The van der Waals surface area contributed by atoms with Crippen LogP contribution < -0.4 is 5.32 Å². The third-order valence-corrected chi connectivity index (χ3v) is 5.65. The third-order valence-electron chi connectivity index (χ3n) is 4.63. The van der Waals surface area contributed by atoms with Gasteiger partial charge in [-0.2, -0.15) is 5.10 Å². The van der Waals surface area contributed by atoms with Crippen LogP contribution in [-0.2, 0) is 17.8 Å². The molecule has 0 fully saturated rings. The van der Waals surface area contributed by atoms with Crippen LogP contribution in [0.5, 0.6) is 0 Å². The quantitative estimate of drug-likeness (QED) is 0.884. The number of nitrogens with one attached hydrogen (secondary N) is 1. The Bertz CT molecular complexity index is 637. The fraction of sp³-hybridized carbons (Fsp3) is 0.529. The van der Waals surface area contributed by atoms with Gasteiger partial charge in [0.25, 0.3) is 0 Å². The molecule has 124 valence electrons. The lowest BCUT2D eigenvalue weighted by molar-refractivity contribution is -0.132. The highest BCUT2D eigenvalue weighted by molar-refractivity contribution is 7.10. The molecule has 23 heavy (non-hydrogen) atoms. The maximum Gasteiger partial charge on any atom is 0.224 e. The highest BCUT2D eigenvalue weighted by Crippen LogP contribution is 2.24. The summed E-state index contributed by atoms with van der Waals surface area (Å²) in [7, 11) is 0. The van der Waals surface area contributed by atoms with Crippen molar-refractivity contribution in [3.63, 3.8) is 0 Å². The number of carbonyl (C=O) groups excluding carboxylic acids is 1. The van der Waals surface area contributed by atoms with Crippen LogP contribution in [0.2, 0.25) is 0 Å². The Labute approximate surface area is 141 Å². The maximum atomic E-state index is 12.4. The van der Waals surface area contributed by atoms with E-state index in [1.807, 2.05) is 21.8 Å². The molecular weight excluding hydrogens is 308 g/mol. The van der Waals surface area contributed by atoms with E-state index in [-0.39, 0.29) is 18.0 Å². The zero-order valence-corrected chi connectivity index (χ0v) is 14.6. The van der Waals surface area contributed by atoms with Crippen molar-refractivity contribution in [2.75, 3.05) is 13.1 Å². The van der Waals surface area contributed by atoms with Gasteiger partial charge < -0.3 is 10.2 Å². The van der Waals surface area contributed by atoms with Crippen LogP contribution in [-0.4, -0.2) is 39.7 Å². The molecule has 0 unspecified atom stereocenters. The molecule has 0 spiro atoms. The predicted octanol–water partition coefficient (Wildman–Crippen LogP) is 2.46. The van der Waals surface area contributed by atoms with Crippen LogP contribution in [0, 0.1) is 0 Å². The molecule has 2 aromatic heterocycles. The van der Waals surface area contributed by atoms with Crippen molar-refractivity contribution in [3.8, 4) is 0 Å². The number of carbonyl (C=O) groups is 1. The topological polar surface area (TPSA) is 50.2 Å². The first kappa shape index (κ1) is 16.2. The Hall–Kier alpha value is -1.66. The smallest absolute Gasteiger partial charge is 0.224 e. The average Bonchev–Trinajstić information content (AvgIpc) is 3.24. The van der Waals surface area contributed by atoms with Gasteiger partial charge in [-0.1, -0.05) is 0 Å². The summed E-state index contributed by atoms with van der Waals surface area (Å²) in [6.45, 7) is 6.60. The molecule has 1 amide bonds. The first-order chi connectivity index (χ1) is 11.1. The van der Waals surface area contributed by atoms with Crippen LogP contribution in [0.4, 0.5) is 0 Å². The van der Waals surface area contributed by atoms with E-state index in [4.69, 9.17) is 0 Å². The fourth-order valence-electron chi connectivity index (χ4n) is 2.95. The lowest BCUT2D eigenvalue weighted by Gasteiger charge is -2.27. The van der Waals surface area contributed by atoms with Crippen molar-refractivity contribution in [1.82, 2.24) is 20.0 Å². The average molecular weight is 332 g/mol. The van der Waals surface area contributed by atoms with Crippen LogP contribution in [0.15, 0.2) is 29.9 Å². The van der Waals surface area contributed by atoms with E-state index in [0.717, 1.165) is 19.5 Å². The molecule has 0 saturated heterocycles. The summed E-state index contributed by atoms with van der Waals surface area (Å²) in [6, 6.07) is 4.61.